The number of benzene rings is 1. The number of piperazine rings is 1. The van der Waals surface area contributed by atoms with E-state index in [0.717, 1.165) is 12.1 Å². The number of nitrogens with one attached hydrogen (secondary N) is 1. The number of hydrogen-bond donors (Lipinski definition) is 1. The maximum atomic E-state index is 12.9. The van der Waals surface area contributed by atoms with Gasteiger partial charge in [-0.1, -0.05) is 29.3 Å². The molecule has 1 aliphatic heterocycles. The molecule has 1 aromatic carbocycles. The van der Waals surface area contributed by atoms with Gasteiger partial charge in [0.1, 0.15) is 5.75 Å². The van der Waals surface area contributed by atoms with Gasteiger partial charge in [0.15, 0.2) is 6.10 Å². The number of nitrogens with zero attached hydrogens (tertiary/aromatic N) is 2. The summed E-state index contributed by atoms with van der Waals surface area (Å²) >= 11 is 12.0. The van der Waals surface area contributed by atoms with Gasteiger partial charge in [0.25, 0.3) is 5.91 Å². The molecule has 1 aliphatic rings. The summed E-state index contributed by atoms with van der Waals surface area (Å²) < 4.78 is 5.78. The summed E-state index contributed by atoms with van der Waals surface area (Å²) in [7, 11) is 0. The first-order chi connectivity index (χ1) is 12.0. The van der Waals surface area contributed by atoms with Crippen LogP contribution in [0.3, 0.4) is 0 Å². The highest BCUT2D eigenvalue weighted by Gasteiger charge is 2.31. The van der Waals surface area contributed by atoms with Crippen molar-refractivity contribution in [1.29, 1.82) is 0 Å². The lowest BCUT2D eigenvalue weighted by Gasteiger charge is -2.37. The molecule has 2 unspecified atom stereocenters. The Hall–Kier alpha value is -1.53. The first kappa shape index (κ1) is 20.8. The number of hydrogen-bond acceptors (Lipinski definition) is 4. The number of carbonyl (C=O) groups excluding carboxylic acids is 1. The molecule has 26 heavy (non-hydrogen) atoms. The van der Waals surface area contributed by atoms with E-state index in [0.29, 0.717) is 28.9 Å². The Morgan fingerprint density at radius 3 is 2.73 bits per heavy atom. The quantitative estimate of drug-likeness (QED) is 0.825. The van der Waals surface area contributed by atoms with E-state index in [1.807, 2.05) is 17.0 Å². The molecular formula is C18H20Cl3N3O2. The molecule has 1 saturated heterocycles. The second kappa shape index (κ2) is 9.42. The monoisotopic (exact) mass is 415 g/mol. The van der Waals surface area contributed by atoms with Crippen LogP contribution in [0.1, 0.15) is 18.5 Å². The second-order valence-electron chi connectivity index (χ2n) is 5.90. The van der Waals surface area contributed by atoms with E-state index in [1.165, 1.54) is 0 Å². The minimum absolute atomic E-state index is 0. The number of halogens is 3. The van der Waals surface area contributed by atoms with Crippen molar-refractivity contribution in [3.8, 4) is 5.75 Å². The summed E-state index contributed by atoms with van der Waals surface area (Å²) in [6.45, 7) is 3.78. The van der Waals surface area contributed by atoms with Gasteiger partial charge in [0.05, 0.1) is 6.04 Å². The zero-order valence-electron chi connectivity index (χ0n) is 14.2. The lowest BCUT2D eigenvalue weighted by Crippen LogP contribution is -2.52. The largest absolute Gasteiger partial charge is 0.481 e. The number of carbonyl (C=O) groups is 1. The van der Waals surface area contributed by atoms with Crippen LogP contribution in [0.5, 0.6) is 5.75 Å². The Bertz CT molecular complexity index is 725. The summed E-state index contributed by atoms with van der Waals surface area (Å²) in [6, 6.07) is 8.70. The molecule has 1 amide bonds. The first-order valence-electron chi connectivity index (χ1n) is 8.08. The third-order valence-electron chi connectivity index (χ3n) is 4.09. The average Bonchev–Trinajstić information content (AvgIpc) is 2.61. The van der Waals surface area contributed by atoms with E-state index < -0.39 is 6.10 Å². The van der Waals surface area contributed by atoms with Gasteiger partial charge in [0.2, 0.25) is 0 Å². The lowest BCUT2D eigenvalue weighted by atomic mass is 10.0. The fourth-order valence-electron chi connectivity index (χ4n) is 2.92. The van der Waals surface area contributed by atoms with E-state index >= 15 is 0 Å². The molecule has 2 heterocycles. The van der Waals surface area contributed by atoms with E-state index in [2.05, 4.69) is 10.3 Å². The van der Waals surface area contributed by atoms with Gasteiger partial charge in [-0.15, -0.1) is 12.4 Å². The zero-order valence-corrected chi connectivity index (χ0v) is 16.5. The minimum atomic E-state index is -0.646. The maximum Gasteiger partial charge on any atom is 0.263 e. The topological polar surface area (TPSA) is 54.5 Å². The van der Waals surface area contributed by atoms with Crippen LogP contribution >= 0.6 is 35.6 Å². The molecule has 0 spiro atoms. The van der Waals surface area contributed by atoms with Crippen molar-refractivity contribution in [2.45, 2.75) is 19.1 Å². The molecule has 1 aromatic heterocycles. The smallest absolute Gasteiger partial charge is 0.263 e. The molecule has 0 saturated carbocycles. The number of rotatable bonds is 4. The van der Waals surface area contributed by atoms with Crippen molar-refractivity contribution in [2.75, 3.05) is 19.6 Å². The summed E-state index contributed by atoms with van der Waals surface area (Å²) in [4.78, 5) is 18.9. The molecular weight excluding hydrogens is 397 g/mol. The van der Waals surface area contributed by atoms with Crippen LogP contribution < -0.4 is 10.1 Å². The summed E-state index contributed by atoms with van der Waals surface area (Å²) in [5, 5.41) is 4.26. The molecule has 2 aromatic rings. The number of pyridine rings is 1. The first-order valence-corrected chi connectivity index (χ1v) is 8.84. The SMILES string of the molecule is CC(Oc1cc(Cl)cc(Cl)c1)C(=O)N1CCNCC1c1cccnc1.Cl. The van der Waals surface area contributed by atoms with E-state index in [4.69, 9.17) is 27.9 Å². The summed E-state index contributed by atoms with van der Waals surface area (Å²) in [5.41, 5.74) is 1.00. The van der Waals surface area contributed by atoms with Gasteiger partial charge in [-0.2, -0.15) is 0 Å². The van der Waals surface area contributed by atoms with Crippen LogP contribution in [0.2, 0.25) is 10.0 Å². The molecule has 2 atom stereocenters. The lowest BCUT2D eigenvalue weighted by molar-refractivity contribution is -0.141. The fourth-order valence-corrected chi connectivity index (χ4v) is 3.43. The number of aromatic nitrogens is 1. The van der Waals surface area contributed by atoms with E-state index in [9.17, 15) is 4.79 Å². The van der Waals surface area contributed by atoms with Crippen molar-refractivity contribution >= 4 is 41.5 Å². The Kier molecular flexibility index (Phi) is 7.53. The normalized spacial score (nSPS) is 18.0. The van der Waals surface area contributed by atoms with E-state index in [-0.39, 0.29) is 24.4 Å². The second-order valence-corrected chi connectivity index (χ2v) is 6.78. The number of ether oxygens (including phenoxy) is 1. The molecule has 5 nitrogen and oxygen atoms in total. The molecule has 1 N–H and O–H groups in total. The van der Waals surface area contributed by atoms with E-state index in [1.54, 1.807) is 37.5 Å². The van der Waals surface area contributed by atoms with Gasteiger partial charge >= 0.3 is 0 Å². The number of amides is 1. The Balaban J connectivity index is 0.00000243. The van der Waals surface area contributed by atoms with Crippen LogP contribution in [0.4, 0.5) is 0 Å². The summed E-state index contributed by atoms with van der Waals surface area (Å²) in [5.74, 6) is 0.401. The highest BCUT2D eigenvalue weighted by Crippen LogP contribution is 2.27. The maximum absolute atomic E-state index is 12.9. The van der Waals surface area contributed by atoms with Crippen LogP contribution in [0.15, 0.2) is 42.7 Å². The Morgan fingerprint density at radius 2 is 2.08 bits per heavy atom. The van der Waals surface area contributed by atoms with Crippen LogP contribution in [0, 0.1) is 0 Å². The average molecular weight is 417 g/mol. The molecule has 1 fully saturated rings. The minimum Gasteiger partial charge on any atom is -0.481 e. The van der Waals surface area contributed by atoms with Crippen molar-refractivity contribution in [2.24, 2.45) is 0 Å². The van der Waals surface area contributed by atoms with Crippen molar-refractivity contribution < 1.29 is 9.53 Å². The molecule has 140 valence electrons. The van der Waals surface area contributed by atoms with Gasteiger partial charge in [-0.3, -0.25) is 9.78 Å². The molecule has 8 heteroatoms. The third-order valence-corrected chi connectivity index (χ3v) is 4.53. The zero-order chi connectivity index (χ0) is 17.8. The Morgan fingerprint density at radius 1 is 1.35 bits per heavy atom. The van der Waals surface area contributed by atoms with Crippen LogP contribution in [-0.2, 0) is 4.79 Å². The van der Waals surface area contributed by atoms with Gasteiger partial charge in [0, 0.05) is 42.1 Å². The summed E-state index contributed by atoms with van der Waals surface area (Å²) in [6.07, 6.45) is 2.87. The van der Waals surface area contributed by atoms with Crippen LogP contribution in [-0.4, -0.2) is 41.5 Å². The van der Waals surface area contributed by atoms with Crippen molar-refractivity contribution in [3.63, 3.8) is 0 Å². The van der Waals surface area contributed by atoms with Gasteiger partial charge < -0.3 is 15.0 Å². The van der Waals surface area contributed by atoms with Crippen molar-refractivity contribution in [1.82, 2.24) is 15.2 Å². The molecule has 0 aliphatic carbocycles. The molecule has 3 rings (SSSR count). The van der Waals surface area contributed by atoms with Crippen molar-refractivity contribution in [3.05, 3.63) is 58.3 Å². The third kappa shape index (κ3) is 5.01. The predicted octanol–water partition coefficient (Wildman–Crippen LogP) is 3.75. The van der Waals surface area contributed by atoms with Crippen LogP contribution in [0.25, 0.3) is 0 Å². The highest BCUT2D eigenvalue weighted by molar-refractivity contribution is 6.34. The fraction of sp³-hybridized carbons (Fsp3) is 0.333. The molecule has 0 bridgehead atoms. The van der Waals surface area contributed by atoms with Gasteiger partial charge in [-0.05, 0) is 36.8 Å². The van der Waals surface area contributed by atoms with Gasteiger partial charge in [-0.25, -0.2) is 0 Å². The predicted molar refractivity (Wildman–Crippen MR) is 105 cm³/mol. The standard InChI is InChI=1S/C18H19Cl2N3O2.ClH/c1-12(25-16-8-14(19)7-15(20)9-16)18(24)23-6-5-22-11-17(23)13-3-2-4-21-10-13;/h2-4,7-10,12,17,22H,5-6,11H2,1H3;1H. The Labute approximate surface area is 169 Å². The molecule has 0 radical (unpaired) electrons. The highest BCUT2D eigenvalue weighted by atomic mass is 35.5.